The third-order valence-electron chi connectivity index (χ3n) is 3.26. The number of carbonyl (C=O) groups excluding carboxylic acids is 1. The van der Waals surface area contributed by atoms with E-state index in [1.165, 1.54) is 0 Å². The summed E-state index contributed by atoms with van der Waals surface area (Å²) in [5.41, 5.74) is 1.11. The van der Waals surface area contributed by atoms with Crippen molar-refractivity contribution in [1.82, 2.24) is 4.72 Å². The van der Waals surface area contributed by atoms with Crippen LogP contribution >= 0.6 is 27.5 Å². The number of carbonyl (C=O) groups is 1. The van der Waals surface area contributed by atoms with Crippen LogP contribution in [0.1, 0.15) is 65.1 Å². The van der Waals surface area contributed by atoms with Crippen molar-refractivity contribution in [3.05, 3.63) is 32.8 Å². The Bertz CT molecular complexity index is 626. The lowest BCUT2D eigenvalue weighted by Crippen LogP contribution is -2.42. The second-order valence-corrected chi connectivity index (χ2v) is 11.1. The van der Waals surface area contributed by atoms with E-state index >= 15 is 0 Å². The number of halogens is 2. The molecule has 0 aliphatic carbocycles. The topological polar surface area (TPSA) is 61.4 Å². The van der Waals surface area contributed by atoms with Gasteiger partial charge in [-0.15, -0.1) is 4.72 Å². The monoisotopic (exact) mass is 451 g/mol. The summed E-state index contributed by atoms with van der Waals surface area (Å²) in [4.78, 5) is 12.4. The van der Waals surface area contributed by atoms with Gasteiger partial charge >= 0.3 is 5.97 Å². The summed E-state index contributed by atoms with van der Waals surface area (Å²) in [5.74, 6) is -0.375. The molecule has 0 saturated carbocycles. The third-order valence-corrected chi connectivity index (χ3v) is 6.26. The number of hydrogen-bond acceptors (Lipinski definition) is 4. The van der Waals surface area contributed by atoms with Crippen molar-refractivity contribution in [1.29, 1.82) is 0 Å². The van der Waals surface area contributed by atoms with E-state index in [0.29, 0.717) is 10.6 Å². The highest BCUT2D eigenvalue weighted by atomic mass is 79.9. The molecular weight excluding hydrogens is 426 g/mol. The highest BCUT2D eigenvalue weighted by Crippen LogP contribution is 2.36. The van der Waals surface area contributed by atoms with E-state index < -0.39 is 27.8 Å². The molecule has 1 aromatic rings. The van der Waals surface area contributed by atoms with Gasteiger partial charge in [-0.2, -0.15) is 0 Å². The maximum Gasteiger partial charge on any atom is 0.308 e. The first kappa shape index (κ1) is 22.8. The summed E-state index contributed by atoms with van der Waals surface area (Å²) < 4.78 is 21.4. The summed E-state index contributed by atoms with van der Waals surface area (Å²) >= 11 is 8.57. The lowest BCUT2D eigenvalue weighted by Gasteiger charge is -2.29. The highest BCUT2D eigenvalue weighted by Gasteiger charge is 2.33. The molecule has 0 unspecified atom stereocenters. The van der Waals surface area contributed by atoms with Crippen LogP contribution in [0, 0.1) is 6.92 Å². The normalized spacial score (nSPS) is 15.0. The number of ether oxygens (including phenoxy) is 1. The predicted molar refractivity (Wildman–Crippen MR) is 108 cm³/mol. The Morgan fingerprint density at radius 3 is 2.36 bits per heavy atom. The molecule has 0 bridgehead atoms. The smallest absolute Gasteiger partial charge is 0.308 e. The molecule has 0 fully saturated rings. The van der Waals surface area contributed by atoms with Gasteiger partial charge in [-0.1, -0.05) is 33.6 Å². The summed E-state index contributed by atoms with van der Waals surface area (Å²) in [6.45, 7) is 13.0. The van der Waals surface area contributed by atoms with Gasteiger partial charge in [0.05, 0.1) is 12.5 Å². The lowest BCUT2D eigenvalue weighted by atomic mass is 10.0. The third kappa shape index (κ3) is 7.10. The lowest BCUT2D eigenvalue weighted by molar-refractivity contribution is -0.155. The Balaban J connectivity index is 3.21. The predicted octanol–water partition coefficient (Wildman–Crippen LogP) is 5.24. The zero-order valence-corrected chi connectivity index (χ0v) is 19.0. The van der Waals surface area contributed by atoms with Gasteiger partial charge in [0.2, 0.25) is 0 Å². The number of nitrogens with one attached hydrogen (secondary N) is 1. The zero-order valence-electron chi connectivity index (χ0n) is 15.8. The molecule has 0 radical (unpaired) electrons. The van der Waals surface area contributed by atoms with Crippen molar-refractivity contribution >= 4 is 44.9 Å². The second kappa shape index (κ2) is 8.61. The SMILES string of the molecule is Cc1ccc(Cl)c([C@@H](CC(=O)OC(C)(C)C)N[S@@+]([O-])C(C)(C)C)c1Br. The van der Waals surface area contributed by atoms with Crippen molar-refractivity contribution in [3.63, 3.8) is 0 Å². The van der Waals surface area contributed by atoms with E-state index in [9.17, 15) is 9.35 Å². The molecule has 1 aromatic carbocycles. The van der Waals surface area contributed by atoms with Crippen LogP contribution in [0.3, 0.4) is 0 Å². The van der Waals surface area contributed by atoms with Gasteiger partial charge in [-0.3, -0.25) is 4.79 Å². The average Bonchev–Trinajstić information content (AvgIpc) is 2.40. The van der Waals surface area contributed by atoms with Crippen LogP contribution in [0.4, 0.5) is 0 Å². The number of benzene rings is 1. The Kier molecular flexibility index (Phi) is 7.84. The molecule has 0 spiro atoms. The molecule has 0 aromatic heterocycles. The molecule has 0 aliphatic rings. The van der Waals surface area contributed by atoms with Crippen LogP contribution in [-0.2, 0) is 20.9 Å². The van der Waals surface area contributed by atoms with E-state index in [-0.39, 0.29) is 12.4 Å². The fourth-order valence-corrected chi connectivity index (χ4v) is 3.89. The fraction of sp³-hybridized carbons (Fsp3) is 0.611. The van der Waals surface area contributed by atoms with E-state index in [4.69, 9.17) is 16.3 Å². The zero-order chi connectivity index (χ0) is 19.6. The van der Waals surface area contributed by atoms with E-state index in [1.807, 2.05) is 54.5 Å². The van der Waals surface area contributed by atoms with Gasteiger partial charge in [-0.05, 0) is 60.1 Å². The fourth-order valence-electron chi connectivity index (χ4n) is 2.06. The Morgan fingerprint density at radius 2 is 1.88 bits per heavy atom. The Hall–Kier alpha value is -0.270. The number of rotatable bonds is 5. The van der Waals surface area contributed by atoms with E-state index in [2.05, 4.69) is 20.7 Å². The van der Waals surface area contributed by atoms with Crippen LogP contribution in [-0.4, -0.2) is 20.9 Å². The van der Waals surface area contributed by atoms with Crippen molar-refractivity contribution < 1.29 is 14.1 Å². The standard InChI is InChI=1S/C18H27BrClNO3S/c1-11-8-9-12(20)15(16(11)19)13(21-25(23)18(5,6)7)10-14(22)24-17(2,3)4/h8-9,13,21H,10H2,1-7H3/t13-,25+/m1/s1. The summed E-state index contributed by atoms with van der Waals surface area (Å²) in [7, 11) is 0. The Morgan fingerprint density at radius 1 is 1.32 bits per heavy atom. The molecule has 4 nitrogen and oxygen atoms in total. The molecule has 142 valence electrons. The van der Waals surface area contributed by atoms with Gasteiger partial charge in [0.15, 0.2) is 0 Å². The van der Waals surface area contributed by atoms with Gasteiger partial charge in [0.1, 0.15) is 10.3 Å². The quantitative estimate of drug-likeness (QED) is 0.490. The molecule has 2 atom stereocenters. The molecule has 0 aliphatic heterocycles. The first-order valence-corrected chi connectivity index (χ1v) is 10.4. The van der Waals surface area contributed by atoms with Gasteiger partial charge in [-0.25, -0.2) is 0 Å². The van der Waals surface area contributed by atoms with Crippen molar-refractivity contribution in [3.8, 4) is 0 Å². The minimum absolute atomic E-state index is 0.0286. The first-order valence-electron chi connectivity index (χ1n) is 8.07. The minimum Gasteiger partial charge on any atom is -0.598 e. The number of aryl methyl sites for hydroxylation is 1. The van der Waals surface area contributed by atoms with Crippen LogP contribution < -0.4 is 4.72 Å². The average molecular weight is 453 g/mol. The van der Waals surface area contributed by atoms with E-state index in [0.717, 1.165) is 10.0 Å². The van der Waals surface area contributed by atoms with Crippen LogP contribution in [0.25, 0.3) is 0 Å². The summed E-state index contributed by atoms with van der Waals surface area (Å²) in [6.07, 6.45) is 0.0286. The first-order chi connectivity index (χ1) is 11.2. The summed E-state index contributed by atoms with van der Waals surface area (Å²) in [6, 6.07) is 3.14. The van der Waals surface area contributed by atoms with Crippen LogP contribution in [0.2, 0.25) is 5.02 Å². The molecular formula is C18H27BrClNO3S. The van der Waals surface area contributed by atoms with Gasteiger partial charge in [0.25, 0.3) is 0 Å². The maximum absolute atomic E-state index is 12.6. The maximum atomic E-state index is 12.6. The molecule has 25 heavy (non-hydrogen) atoms. The van der Waals surface area contributed by atoms with Crippen LogP contribution in [0.15, 0.2) is 16.6 Å². The van der Waals surface area contributed by atoms with Crippen LogP contribution in [0.5, 0.6) is 0 Å². The number of esters is 1. The second-order valence-electron chi connectivity index (χ2n) is 7.93. The largest absolute Gasteiger partial charge is 0.598 e. The number of hydrogen-bond donors (Lipinski definition) is 1. The summed E-state index contributed by atoms with van der Waals surface area (Å²) in [5, 5.41) is 0.504. The molecule has 7 heteroatoms. The van der Waals surface area contributed by atoms with E-state index in [1.54, 1.807) is 6.07 Å². The van der Waals surface area contributed by atoms with Gasteiger partial charge < -0.3 is 9.29 Å². The minimum atomic E-state index is -1.37. The molecule has 0 heterocycles. The molecule has 1 N–H and O–H groups in total. The molecule has 1 rings (SSSR count). The Labute approximate surface area is 167 Å². The molecule has 0 saturated heterocycles. The van der Waals surface area contributed by atoms with Crippen molar-refractivity contribution in [2.45, 2.75) is 71.3 Å². The van der Waals surface area contributed by atoms with Crippen molar-refractivity contribution in [2.24, 2.45) is 0 Å². The van der Waals surface area contributed by atoms with Crippen molar-refractivity contribution in [2.75, 3.05) is 0 Å². The molecule has 0 amide bonds. The highest BCUT2D eigenvalue weighted by molar-refractivity contribution is 9.10. The van der Waals surface area contributed by atoms with Gasteiger partial charge in [0, 0.05) is 26.4 Å².